The first-order valence-corrected chi connectivity index (χ1v) is 5.65. The van der Waals surface area contributed by atoms with Gasteiger partial charge in [-0.2, -0.15) is 0 Å². The molecule has 0 spiro atoms. The van der Waals surface area contributed by atoms with Gasteiger partial charge in [0, 0.05) is 5.56 Å². The first-order chi connectivity index (χ1) is 8.70. The highest BCUT2D eigenvalue weighted by Gasteiger charge is 2.14. The zero-order valence-electron chi connectivity index (χ0n) is 9.74. The molecule has 0 saturated carbocycles. The number of nitrogens with one attached hydrogen (secondary N) is 1. The Morgan fingerprint density at radius 2 is 1.67 bits per heavy atom. The van der Waals surface area contributed by atoms with Crippen LogP contribution in [0.15, 0.2) is 48.5 Å². The monoisotopic (exact) mass is 248 g/mol. The van der Waals surface area contributed by atoms with Gasteiger partial charge in [0.2, 0.25) is 0 Å². The van der Waals surface area contributed by atoms with Gasteiger partial charge in [-0.25, -0.2) is 8.78 Å². The molecule has 1 atom stereocenters. The van der Waals surface area contributed by atoms with Crippen LogP contribution < -0.4 is 11.3 Å². The van der Waals surface area contributed by atoms with Gasteiger partial charge in [-0.15, -0.1) is 0 Å². The molecule has 0 fully saturated rings. The Bertz CT molecular complexity index is 511. The van der Waals surface area contributed by atoms with Crippen molar-refractivity contribution in [3.05, 3.63) is 71.3 Å². The van der Waals surface area contributed by atoms with Crippen molar-refractivity contribution >= 4 is 0 Å². The van der Waals surface area contributed by atoms with Crippen molar-refractivity contribution < 1.29 is 8.78 Å². The lowest BCUT2D eigenvalue weighted by Gasteiger charge is -2.17. The molecule has 0 aromatic heterocycles. The van der Waals surface area contributed by atoms with E-state index in [9.17, 15) is 8.78 Å². The van der Waals surface area contributed by atoms with Gasteiger partial charge in [0.05, 0.1) is 6.04 Å². The minimum absolute atomic E-state index is 0.290. The van der Waals surface area contributed by atoms with Crippen LogP contribution in [-0.4, -0.2) is 0 Å². The molecule has 0 amide bonds. The van der Waals surface area contributed by atoms with Crippen molar-refractivity contribution in [1.82, 2.24) is 5.43 Å². The van der Waals surface area contributed by atoms with Crippen molar-refractivity contribution in [2.75, 3.05) is 0 Å². The van der Waals surface area contributed by atoms with Crippen LogP contribution in [0.25, 0.3) is 0 Å². The van der Waals surface area contributed by atoms with Gasteiger partial charge in [-0.1, -0.05) is 30.3 Å². The van der Waals surface area contributed by atoms with E-state index in [0.717, 1.165) is 5.56 Å². The average molecular weight is 248 g/mol. The number of hydrogen-bond donors (Lipinski definition) is 2. The molecule has 0 saturated heterocycles. The predicted molar refractivity (Wildman–Crippen MR) is 66.6 cm³/mol. The zero-order valence-corrected chi connectivity index (χ0v) is 9.74. The van der Waals surface area contributed by atoms with Gasteiger partial charge in [0.1, 0.15) is 11.6 Å². The molecule has 0 bridgehead atoms. The van der Waals surface area contributed by atoms with E-state index in [1.807, 2.05) is 0 Å². The van der Waals surface area contributed by atoms with Gasteiger partial charge in [-0.05, 0) is 30.2 Å². The zero-order chi connectivity index (χ0) is 13.0. The van der Waals surface area contributed by atoms with E-state index >= 15 is 0 Å². The standard InChI is InChI=1S/C14H14F2N2/c15-11-7-5-10(6-8-11)9-14(18-17)12-3-1-2-4-13(12)16/h1-8,14,18H,9,17H2. The van der Waals surface area contributed by atoms with Crippen molar-refractivity contribution in [2.45, 2.75) is 12.5 Å². The summed E-state index contributed by atoms with van der Waals surface area (Å²) in [5.41, 5.74) is 3.98. The first-order valence-electron chi connectivity index (χ1n) is 5.65. The molecule has 4 heteroatoms. The van der Waals surface area contributed by atoms with E-state index in [1.54, 1.807) is 30.3 Å². The SMILES string of the molecule is NNC(Cc1ccc(F)cc1)c1ccccc1F. The molecule has 2 aromatic carbocycles. The Morgan fingerprint density at radius 1 is 1.00 bits per heavy atom. The summed E-state index contributed by atoms with van der Waals surface area (Å²) in [6.07, 6.45) is 0.498. The van der Waals surface area contributed by atoms with E-state index in [4.69, 9.17) is 5.84 Å². The number of nitrogens with two attached hydrogens (primary N) is 1. The fourth-order valence-electron chi connectivity index (χ4n) is 1.87. The third-order valence-electron chi connectivity index (χ3n) is 2.83. The lowest BCUT2D eigenvalue weighted by atomic mass is 9.99. The summed E-state index contributed by atoms with van der Waals surface area (Å²) in [6, 6.07) is 12.2. The van der Waals surface area contributed by atoms with Gasteiger partial charge < -0.3 is 0 Å². The van der Waals surface area contributed by atoms with Crippen LogP contribution in [0.5, 0.6) is 0 Å². The molecule has 0 aliphatic heterocycles. The molecule has 1 unspecified atom stereocenters. The second kappa shape index (κ2) is 5.71. The molecule has 0 aliphatic rings. The second-order valence-electron chi connectivity index (χ2n) is 4.07. The molecular weight excluding hydrogens is 234 g/mol. The van der Waals surface area contributed by atoms with Crippen LogP contribution in [0.2, 0.25) is 0 Å². The minimum Gasteiger partial charge on any atom is -0.271 e. The molecule has 2 nitrogen and oxygen atoms in total. The van der Waals surface area contributed by atoms with E-state index in [-0.39, 0.29) is 17.7 Å². The van der Waals surface area contributed by atoms with Crippen LogP contribution in [0.4, 0.5) is 8.78 Å². The highest BCUT2D eigenvalue weighted by atomic mass is 19.1. The number of hydrogen-bond acceptors (Lipinski definition) is 2. The average Bonchev–Trinajstić information content (AvgIpc) is 2.39. The molecule has 0 heterocycles. The summed E-state index contributed by atoms with van der Waals surface area (Å²) in [5, 5.41) is 0. The maximum atomic E-state index is 13.6. The fraction of sp³-hybridized carbons (Fsp3) is 0.143. The molecule has 2 aromatic rings. The Kier molecular flexibility index (Phi) is 4.02. The van der Waals surface area contributed by atoms with Crippen LogP contribution in [-0.2, 0) is 6.42 Å². The van der Waals surface area contributed by atoms with Crippen LogP contribution in [0.1, 0.15) is 17.2 Å². The Hall–Kier alpha value is -1.78. The van der Waals surface area contributed by atoms with Gasteiger partial charge >= 0.3 is 0 Å². The first kappa shape index (κ1) is 12.7. The molecule has 18 heavy (non-hydrogen) atoms. The third-order valence-corrected chi connectivity index (χ3v) is 2.83. The number of rotatable bonds is 4. The van der Waals surface area contributed by atoms with E-state index in [1.165, 1.54) is 18.2 Å². The summed E-state index contributed by atoms with van der Waals surface area (Å²) in [4.78, 5) is 0. The number of halogens is 2. The molecule has 2 rings (SSSR count). The highest BCUT2D eigenvalue weighted by molar-refractivity contribution is 5.25. The molecular formula is C14H14F2N2. The largest absolute Gasteiger partial charge is 0.271 e. The number of hydrazine groups is 1. The van der Waals surface area contributed by atoms with Crippen molar-refractivity contribution in [2.24, 2.45) is 5.84 Å². The second-order valence-corrected chi connectivity index (χ2v) is 4.07. The summed E-state index contributed by atoms with van der Waals surface area (Å²) >= 11 is 0. The van der Waals surface area contributed by atoms with Crippen molar-refractivity contribution in [1.29, 1.82) is 0 Å². The minimum atomic E-state index is -0.336. The van der Waals surface area contributed by atoms with Crippen molar-refractivity contribution in [3.8, 4) is 0 Å². The normalized spacial score (nSPS) is 12.4. The Morgan fingerprint density at radius 3 is 2.28 bits per heavy atom. The van der Waals surface area contributed by atoms with E-state index in [0.29, 0.717) is 12.0 Å². The number of benzene rings is 2. The summed E-state index contributed by atoms with van der Waals surface area (Å²) in [5.74, 6) is 4.87. The quantitative estimate of drug-likeness (QED) is 0.645. The maximum absolute atomic E-state index is 13.6. The van der Waals surface area contributed by atoms with Gasteiger partial charge in [0.15, 0.2) is 0 Å². The fourth-order valence-corrected chi connectivity index (χ4v) is 1.87. The maximum Gasteiger partial charge on any atom is 0.128 e. The summed E-state index contributed by atoms with van der Waals surface area (Å²) in [7, 11) is 0. The van der Waals surface area contributed by atoms with Gasteiger partial charge in [-0.3, -0.25) is 11.3 Å². The van der Waals surface area contributed by atoms with Crippen LogP contribution >= 0.6 is 0 Å². The van der Waals surface area contributed by atoms with E-state index in [2.05, 4.69) is 5.43 Å². The Labute approximate surface area is 104 Å². The topological polar surface area (TPSA) is 38.0 Å². The third kappa shape index (κ3) is 2.91. The van der Waals surface area contributed by atoms with Crippen LogP contribution in [0.3, 0.4) is 0 Å². The summed E-state index contributed by atoms with van der Waals surface area (Å²) < 4.78 is 26.4. The highest BCUT2D eigenvalue weighted by Crippen LogP contribution is 2.20. The van der Waals surface area contributed by atoms with Crippen molar-refractivity contribution in [3.63, 3.8) is 0 Å². The smallest absolute Gasteiger partial charge is 0.128 e. The van der Waals surface area contributed by atoms with Gasteiger partial charge in [0.25, 0.3) is 0 Å². The molecule has 3 N–H and O–H groups in total. The Balaban J connectivity index is 2.20. The molecule has 94 valence electrons. The summed E-state index contributed by atoms with van der Waals surface area (Å²) in [6.45, 7) is 0. The molecule has 0 radical (unpaired) electrons. The lowest BCUT2D eigenvalue weighted by Crippen LogP contribution is -2.30. The molecule has 0 aliphatic carbocycles. The van der Waals surface area contributed by atoms with Crippen LogP contribution in [0, 0.1) is 11.6 Å². The van der Waals surface area contributed by atoms with E-state index < -0.39 is 0 Å². The predicted octanol–water partition coefficient (Wildman–Crippen LogP) is 2.71. The lowest BCUT2D eigenvalue weighted by molar-refractivity contribution is 0.510.